The van der Waals surface area contributed by atoms with Gasteiger partial charge in [-0.05, 0) is 37.8 Å². The van der Waals surface area contributed by atoms with E-state index in [1.165, 1.54) is 25.7 Å². The predicted octanol–water partition coefficient (Wildman–Crippen LogP) is 2.83. The van der Waals surface area contributed by atoms with Crippen molar-refractivity contribution in [3.05, 3.63) is 24.2 Å². The molecule has 1 spiro atoms. The SMILES string of the molecule is O=C(CN(Cc1ccco1)C1CCCC1)NC1CCC2(CC1)OCCO2. The Morgan fingerprint density at radius 2 is 1.88 bits per heavy atom. The van der Waals surface area contributed by atoms with Gasteiger partial charge in [-0.3, -0.25) is 9.69 Å². The molecule has 6 heteroatoms. The fourth-order valence-electron chi connectivity index (χ4n) is 4.63. The van der Waals surface area contributed by atoms with Crippen LogP contribution < -0.4 is 5.32 Å². The van der Waals surface area contributed by atoms with Gasteiger partial charge in [0.2, 0.25) is 5.91 Å². The van der Waals surface area contributed by atoms with E-state index in [1.807, 2.05) is 12.1 Å². The minimum Gasteiger partial charge on any atom is -0.468 e. The van der Waals surface area contributed by atoms with Crippen molar-refractivity contribution in [3.8, 4) is 0 Å². The van der Waals surface area contributed by atoms with Crippen LogP contribution >= 0.6 is 0 Å². The fourth-order valence-corrected chi connectivity index (χ4v) is 4.63. The van der Waals surface area contributed by atoms with Crippen LogP contribution in [0.5, 0.6) is 0 Å². The summed E-state index contributed by atoms with van der Waals surface area (Å²) in [7, 11) is 0. The van der Waals surface area contributed by atoms with Gasteiger partial charge in [-0.1, -0.05) is 12.8 Å². The van der Waals surface area contributed by atoms with Crippen molar-refractivity contribution in [1.82, 2.24) is 10.2 Å². The van der Waals surface area contributed by atoms with Crippen LogP contribution in [0.3, 0.4) is 0 Å². The molecule has 0 aromatic carbocycles. The zero-order valence-electron chi connectivity index (χ0n) is 15.5. The fraction of sp³-hybridized carbons (Fsp3) is 0.750. The number of ether oxygens (including phenoxy) is 2. The molecule has 1 aliphatic heterocycles. The minimum absolute atomic E-state index is 0.123. The largest absolute Gasteiger partial charge is 0.468 e. The van der Waals surface area contributed by atoms with Crippen molar-refractivity contribution in [2.24, 2.45) is 0 Å². The highest BCUT2D eigenvalue weighted by Gasteiger charge is 2.40. The molecule has 0 unspecified atom stereocenters. The van der Waals surface area contributed by atoms with E-state index >= 15 is 0 Å². The Bertz CT molecular complexity index is 567. The topological polar surface area (TPSA) is 63.9 Å². The summed E-state index contributed by atoms with van der Waals surface area (Å²) in [5.41, 5.74) is 0. The molecule has 6 nitrogen and oxygen atoms in total. The lowest BCUT2D eigenvalue weighted by Gasteiger charge is -2.36. The maximum atomic E-state index is 12.7. The van der Waals surface area contributed by atoms with Gasteiger partial charge >= 0.3 is 0 Å². The molecule has 2 aliphatic carbocycles. The minimum atomic E-state index is -0.365. The first-order valence-electron chi connectivity index (χ1n) is 10.1. The molecule has 3 fully saturated rings. The van der Waals surface area contributed by atoms with Gasteiger partial charge in [-0.2, -0.15) is 0 Å². The summed E-state index contributed by atoms with van der Waals surface area (Å²) in [5.74, 6) is 0.689. The van der Waals surface area contributed by atoms with Gasteiger partial charge in [0, 0.05) is 24.9 Å². The van der Waals surface area contributed by atoms with Gasteiger partial charge in [0.25, 0.3) is 0 Å². The number of hydrogen-bond acceptors (Lipinski definition) is 5. The van der Waals surface area contributed by atoms with Gasteiger partial charge in [-0.25, -0.2) is 0 Å². The van der Waals surface area contributed by atoms with Gasteiger partial charge in [0.05, 0.1) is 32.6 Å². The van der Waals surface area contributed by atoms with Crippen LogP contribution in [0.15, 0.2) is 22.8 Å². The third kappa shape index (κ3) is 4.30. The molecule has 1 amide bonds. The second-order valence-electron chi connectivity index (χ2n) is 7.87. The van der Waals surface area contributed by atoms with Crippen LogP contribution in [0.1, 0.15) is 57.1 Å². The third-order valence-corrected chi connectivity index (χ3v) is 6.05. The number of hydrogen-bond donors (Lipinski definition) is 1. The molecular formula is C20H30N2O4. The highest BCUT2D eigenvalue weighted by atomic mass is 16.7. The average Bonchev–Trinajstić information content (AvgIpc) is 3.39. The zero-order valence-corrected chi connectivity index (χ0v) is 15.5. The van der Waals surface area contributed by atoms with Crippen molar-refractivity contribution >= 4 is 5.91 Å². The van der Waals surface area contributed by atoms with Gasteiger partial charge < -0.3 is 19.2 Å². The molecule has 4 rings (SSSR count). The lowest BCUT2D eigenvalue weighted by Crippen LogP contribution is -2.48. The molecule has 2 saturated carbocycles. The first kappa shape index (κ1) is 18.0. The summed E-state index contributed by atoms with van der Waals surface area (Å²) >= 11 is 0. The summed E-state index contributed by atoms with van der Waals surface area (Å²) in [6.07, 6.45) is 10.2. The molecule has 144 valence electrons. The molecular weight excluding hydrogens is 332 g/mol. The lowest BCUT2D eigenvalue weighted by atomic mass is 9.90. The van der Waals surface area contributed by atoms with Crippen LogP contribution in [0.4, 0.5) is 0 Å². The van der Waals surface area contributed by atoms with Crippen LogP contribution in [0.25, 0.3) is 0 Å². The number of nitrogens with one attached hydrogen (secondary N) is 1. The Labute approximate surface area is 155 Å². The third-order valence-electron chi connectivity index (χ3n) is 6.05. The molecule has 1 saturated heterocycles. The summed E-state index contributed by atoms with van der Waals surface area (Å²) < 4.78 is 17.1. The smallest absolute Gasteiger partial charge is 0.234 e. The highest BCUT2D eigenvalue weighted by Crippen LogP contribution is 2.35. The first-order chi connectivity index (χ1) is 12.7. The normalized spacial score (nSPS) is 23.9. The van der Waals surface area contributed by atoms with Crippen LogP contribution in [-0.2, 0) is 20.8 Å². The number of rotatable bonds is 6. The van der Waals surface area contributed by atoms with Crippen molar-refractivity contribution in [2.45, 2.75) is 75.8 Å². The Balaban J connectivity index is 1.28. The standard InChI is InChI=1S/C20H30N2O4/c23-19(21-16-7-9-20(10-8-16)25-12-13-26-20)15-22(17-4-1-2-5-17)14-18-6-3-11-24-18/h3,6,11,16-17H,1-2,4-5,7-10,12-15H2,(H,21,23). The zero-order chi connectivity index (χ0) is 17.8. The summed E-state index contributed by atoms with van der Waals surface area (Å²) in [6.45, 7) is 2.54. The summed E-state index contributed by atoms with van der Waals surface area (Å²) in [5, 5.41) is 3.24. The maximum Gasteiger partial charge on any atom is 0.234 e. The van der Waals surface area contributed by atoms with E-state index in [9.17, 15) is 4.79 Å². The van der Waals surface area contributed by atoms with E-state index in [2.05, 4.69) is 10.2 Å². The average molecular weight is 362 g/mol. The Morgan fingerprint density at radius 1 is 1.15 bits per heavy atom. The molecule has 0 radical (unpaired) electrons. The van der Waals surface area contributed by atoms with Crippen LogP contribution in [0.2, 0.25) is 0 Å². The Hall–Kier alpha value is -1.37. The second-order valence-corrected chi connectivity index (χ2v) is 7.87. The van der Waals surface area contributed by atoms with Gasteiger partial charge in [-0.15, -0.1) is 0 Å². The Kier molecular flexibility index (Phi) is 5.62. The number of nitrogens with zero attached hydrogens (tertiary/aromatic N) is 1. The molecule has 1 aromatic rings. The van der Waals surface area contributed by atoms with Crippen molar-refractivity contribution in [1.29, 1.82) is 0 Å². The Morgan fingerprint density at radius 3 is 2.54 bits per heavy atom. The van der Waals surface area contributed by atoms with E-state index in [0.29, 0.717) is 32.3 Å². The van der Waals surface area contributed by atoms with Crippen LogP contribution in [0, 0.1) is 0 Å². The second kappa shape index (κ2) is 8.11. The van der Waals surface area contributed by atoms with E-state index in [1.54, 1.807) is 6.26 Å². The first-order valence-corrected chi connectivity index (χ1v) is 10.1. The van der Waals surface area contributed by atoms with Crippen LogP contribution in [-0.4, -0.2) is 48.4 Å². The molecule has 3 aliphatic rings. The van der Waals surface area contributed by atoms with Crippen molar-refractivity contribution in [3.63, 3.8) is 0 Å². The van der Waals surface area contributed by atoms with Gasteiger partial charge in [0.1, 0.15) is 5.76 Å². The van der Waals surface area contributed by atoms with E-state index in [-0.39, 0.29) is 17.7 Å². The lowest BCUT2D eigenvalue weighted by molar-refractivity contribution is -0.180. The van der Waals surface area contributed by atoms with E-state index < -0.39 is 0 Å². The van der Waals surface area contributed by atoms with Crippen molar-refractivity contribution in [2.75, 3.05) is 19.8 Å². The summed E-state index contributed by atoms with van der Waals surface area (Å²) in [4.78, 5) is 15.0. The molecule has 26 heavy (non-hydrogen) atoms. The molecule has 0 atom stereocenters. The number of furan rings is 1. The van der Waals surface area contributed by atoms with E-state index in [0.717, 1.165) is 31.4 Å². The predicted molar refractivity (Wildman–Crippen MR) is 96.4 cm³/mol. The number of amides is 1. The number of carbonyl (C=O) groups excluding carboxylic acids is 1. The molecule has 0 bridgehead atoms. The maximum absolute atomic E-state index is 12.7. The van der Waals surface area contributed by atoms with E-state index in [4.69, 9.17) is 13.9 Å². The molecule has 1 aromatic heterocycles. The quantitative estimate of drug-likeness (QED) is 0.843. The molecule has 2 heterocycles. The summed E-state index contributed by atoms with van der Waals surface area (Å²) in [6, 6.07) is 4.62. The van der Waals surface area contributed by atoms with Crippen molar-refractivity contribution < 1.29 is 18.7 Å². The highest BCUT2D eigenvalue weighted by molar-refractivity contribution is 5.78. The number of carbonyl (C=O) groups is 1. The molecule has 1 N–H and O–H groups in total. The van der Waals surface area contributed by atoms with Gasteiger partial charge in [0.15, 0.2) is 5.79 Å². The monoisotopic (exact) mass is 362 g/mol.